The second-order valence-electron chi connectivity index (χ2n) is 3.86. The fraction of sp³-hybridized carbons (Fsp3) is 0.417. The highest BCUT2D eigenvalue weighted by atomic mass is 79.9. The monoisotopic (exact) mass is 425 g/mol. The predicted octanol–water partition coefficient (Wildman–Crippen LogP) is 4.12. The standard InChI is InChI=1S/C12H14Br3NO/c1-2-12(7-13,8-14)16-11(17)9-3-5-10(15)6-4-9/h3-6H,2,7-8H2,1H3,(H,16,17). The molecule has 0 aliphatic carbocycles. The summed E-state index contributed by atoms with van der Waals surface area (Å²) < 4.78 is 0.969. The quantitative estimate of drug-likeness (QED) is 0.704. The number of halogens is 3. The SMILES string of the molecule is CCC(CBr)(CBr)NC(=O)c1ccc(Br)cc1. The maximum Gasteiger partial charge on any atom is 0.251 e. The second-order valence-corrected chi connectivity index (χ2v) is 5.90. The van der Waals surface area contributed by atoms with Gasteiger partial charge in [-0.15, -0.1) is 0 Å². The number of hydrogen-bond donors (Lipinski definition) is 1. The van der Waals surface area contributed by atoms with Gasteiger partial charge in [-0.1, -0.05) is 54.7 Å². The van der Waals surface area contributed by atoms with Crippen molar-refractivity contribution in [3.05, 3.63) is 34.3 Å². The van der Waals surface area contributed by atoms with Crippen molar-refractivity contribution in [2.75, 3.05) is 10.7 Å². The van der Waals surface area contributed by atoms with Crippen molar-refractivity contribution < 1.29 is 4.79 Å². The smallest absolute Gasteiger partial charge is 0.251 e. The van der Waals surface area contributed by atoms with E-state index in [4.69, 9.17) is 0 Å². The summed E-state index contributed by atoms with van der Waals surface area (Å²) in [7, 11) is 0. The lowest BCUT2D eigenvalue weighted by Crippen LogP contribution is -2.51. The van der Waals surface area contributed by atoms with Gasteiger partial charge >= 0.3 is 0 Å². The number of nitrogens with one attached hydrogen (secondary N) is 1. The zero-order valence-electron chi connectivity index (χ0n) is 9.47. The van der Waals surface area contributed by atoms with Gasteiger partial charge in [0.15, 0.2) is 0 Å². The molecular formula is C12H14Br3NO. The van der Waals surface area contributed by atoms with Gasteiger partial charge in [0.1, 0.15) is 0 Å². The summed E-state index contributed by atoms with van der Waals surface area (Å²) >= 11 is 10.3. The van der Waals surface area contributed by atoms with Gasteiger partial charge in [0.05, 0.1) is 5.54 Å². The van der Waals surface area contributed by atoms with Crippen LogP contribution >= 0.6 is 47.8 Å². The molecule has 1 aromatic rings. The molecule has 1 amide bonds. The molecule has 17 heavy (non-hydrogen) atoms. The summed E-state index contributed by atoms with van der Waals surface area (Å²) in [6.07, 6.45) is 0.867. The molecule has 0 aliphatic heterocycles. The summed E-state index contributed by atoms with van der Waals surface area (Å²) in [5.74, 6) is -0.0433. The number of alkyl halides is 2. The molecule has 94 valence electrons. The lowest BCUT2D eigenvalue weighted by molar-refractivity contribution is 0.0915. The summed E-state index contributed by atoms with van der Waals surface area (Å²) in [5.41, 5.74) is 0.442. The molecule has 0 saturated heterocycles. The van der Waals surface area contributed by atoms with Crippen LogP contribution in [0.3, 0.4) is 0 Å². The minimum absolute atomic E-state index is 0.0433. The minimum atomic E-state index is -0.232. The van der Waals surface area contributed by atoms with Crippen LogP contribution in [0.25, 0.3) is 0 Å². The fourth-order valence-corrected chi connectivity index (χ4v) is 3.56. The van der Waals surface area contributed by atoms with Crippen molar-refractivity contribution in [1.29, 1.82) is 0 Å². The van der Waals surface area contributed by atoms with Gasteiger partial charge in [-0.3, -0.25) is 4.79 Å². The molecule has 1 rings (SSSR count). The van der Waals surface area contributed by atoms with Crippen LogP contribution in [0.4, 0.5) is 0 Å². The number of hydrogen-bond acceptors (Lipinski definition) is 1. The Kier molecular flexibility index (Phi) is 6.17. The van der Waals surface area contributed by atoms with Crippen LogP contribution in [-0.4, -0.2) is 22.1 Å². The van der Waals surface area contributed by atoms with E-state index in [0.29, 0.717) is 5.56 Å². The van der Waals surface area contributed by atoms with Crippen LogP contribution in [0.2, 0.25) is 0 Å². The third kappa shape index (κ3) is 4.07. The molecule has 0 aliphatic rings. The molecule has 0 aromatic heterocycles. The van der Waals surface area contributed by atoms with E-state index < -0.39 is 0 Å². The average Bonchev–Trinajstić information content (AvgIpc) is 2.37. The Balaban J connectivity index is 2.81. The molecule has 0 fully saturated rings. The highest BCUT2D eigenvalue weighted by Gasteiger charge is 2.27. The Morgan fingerprint density at radius 1 is 1.24 bits per heavy atom. The van der Waals surface area contributed by atoms with Gasteiger partial charge in [-0.25, -0.2) is 0 Å². The first kappa shape index (κ1) is 15.2. The maximum atomic E-state index is 12.1. The number of benzene rings is 1. The summed E-state index contributed by atoms with van der Waals surface area (Å²) in [6.45, 7) is 2.06. The molecule has 0 spiro atoms. The van der Waals surface area contributed by atoms with Crippen LogP contribution in [0.5, 0.6) is 0 Å². The topological polar surface area (TPSA) is 29.1 Å². The zero-order chi connectivity index (χ0) is 12.9. The largest absolute Gasteiger partial charge is 0.345 e. The van der Waals surface area contributed by atoms with E-state index in [-0.39, 0.29) is 11.4 Å². The Labute approximate surface area is 127 Å². The minimum Gasteiger partial charge on any atom is -0.345 e. The molecule has 0 bridgehead atoms. The summed E-state index contributed by atoms with van der Waals surface area (Å²) in [5, 5.41) is 4.52. The molecule has 0 saturated carbocycles. The lowest BCUT2D eigenvalue weighted by atomic mass is 10.0. The van der Waals surface area contributed by atoms with Gasteiger partial charge in [0.2, 0.25) is 0 Å². The summed E-state index contributed by atoms with van der Waals surface area (Å²) in [4.78, 5) is 12.1. The van der Waals surface area contributed by atoms with Gasteiger partial charge in [-0.2, -0.15) is 0 Å². The van der Waals surface area contributed by atoms with Crippen LogP contribution in [0.1, 0.15) is 23.7 Å². The molecule has 5 heteroatoms. The third-order valence-electron chi connectivity index (χ3n) is 2.67. The number of amides is 1. The van der Waals surface area contributed by atoms with E-state index in [0.717, 1.165) is 21.6 Å². The molecule has 2 nitrogen and oxygen atoms in total. The Morgan fingerprint density at radius 2 is 1.76 bits per heavy atom. The average molecular weight is 428 g/mol. The predicted molar refractivity (Wildman–Crippen MR) is 82.2 cm³/mol. The molecule has 0 atom stereocenters. The molecule has 0 radical (unpaired) electrons. The van der Waals surface area contributed by atoms with Gasteiger partial charge < -0.3 is 5.32 Å². The fourth-order valence-electron chi connectivity index (χ4n) is 1.29. The first-order valence-electron chi connectivity index (χ1n) is 5.27. The first-order valence-corrected chi connectivity index (χ1v) is 8.30. The maximum absolute atomic E-state index is 12.1. The molecule has 0 unspecified atom stereocenters. The van der Waals surface area contributed by atoms with Crippen LogP contribution in [-0.2, 0) is 0 Å². The summed E-state index contributed by atoms with van der Waals surface area (Å²) in [6, 6.07) is 7.35. The van der Waals surface area contributed by atoms with Crippen LogP contribution in [0, 0.1) is 0 Å². The highest BCUT2D eigenvalue weighted by molar-refractivity contribution is 9.10. The Morgan fingerprint density at radius 3 is 2.18 bits per heavy atom. The van der Waals surface area contributed by atoms with Crippen molar-refractivity contribution in [1.82, 2.24) is 5.32 Å². The molecule has 1 N–H and O–H groups in total. The Hall–Kier alpha value is 0.130. The molecule has 1 aromatic carbocycles. The number of carbonyl (C=O) groups excluding carboxylic acids is 1. The van der Waals surface area contributed by atoms with Gasteiger partial charge in [-0.05, 0) is 30.7 Å². The number of carbonyl (C=O) groups is 1. The lowest BCUT2D eigenvalue weighted by Gasteiger charge is -2.30. The molecule has 0 heterocycles. The normalized spacial score (nSPS) is 11.3. The van der Waals surface area contributed by atoms with Gasteiger partial charge in [0.25, 0.3) is 5.91 Å². The number of rotatable bonds is 5. The van der Waals surface area contributed by atoms with E-state index in [2.05, 4.69) is 60.0 Å². The van der Waals surface area contributed by atoms with Crippen molar-refractivity contribution in [2.45, 2.75) is 18.9 Å². The van der Waals surface area contributed by atoms with Crippen molar-refractivity contribution >= 4 is 53.7 Å². The second kappa shape index (κ2) is 6.90. The van der Waals surface area contributed by atoms with E-state index in [1.807, 2.05) is 24.3 Å². The zero-order valence-corrected chi connectivity index (χ0v) is 14.2. The Bertz CT molecular complexity index is 366. The van der Waals surface area contributed by atoms with E-state index in [1.165, 1.54) is 0 Å². The van der Waals surface area contributed by atoms with E-state index >= 15 is 0 Å². The van der Waals surface area contributed by atoms with E-state index in [9.17, 15) is 4.79 Å². The van der Waals surface area contributed by atoms with Crippen molar-refractivity contribution in [2.24, 2.45) is 0 Å². The molecular weight excluding hydrogens is 414 g/mol. The van der Waals surface area contributed by atoms with Crippen molar-refractivity contribution in [3.63, 3.8) is 0 Å². The van der Waals surface area contributed by atoms with E-state index in [1.54, 1.807) is 0 Å². The highest BCUT2D eigenvalue weighted by Crippen LogP contribution is 2.18. The first-order chi connectivity index (χ1) is 8.06. The third-order valence-corrected chi connectivity index (χ3v) is 5.35. The van der Waals surface area contributed by atoms with Crippen LogP contribution < -0.4 is 5.32 Å². The van der Waals surface area contributed by atoms with Gasteiger partial charge in [0, 0.05) is 20.7 Å². The van der Waals surface area contributed by atoms with Crippen molar-refractivity contribution in [3.8, 4) is 0 Å². The van der Waals surface area contributed by atoms with Crippen LogP contribution in [0.15, 0.2) is 28.7 Å².